The molecule has 0 bridgehead atoms. The van der Waals surface area contributed by atoms with Crippen LogP contribution in [0, 0.1) is 5.92 Å². The Bertz CT molecular complexity index is 360. The third-order valence-electron chi connectivity index (χ3n) is 3.75. The van der Waals surface area contributed by atoms with E-state index in [2.05, 4.69) is 25.4 Å². The van der Waals surface area contributed by atoms with Crippen LogP contribution in [0.4, 0.5) is 4.79 Å². The zero-order valence-corrected chi connectivity index (χ0v) is 16.4. The highest BCUT2D eigenvalue weighted by Gasteiger charge is 2.31. The van der Waals surface area contributed by atoms with Crippen LogP contribution in [0.5, 0.6) is 0 Å². The van der Waals surface area contributed by atoms with Crippen LogP contribution >= 0.6 is 11.8 Å². The standard InChI is InChI=1S/C17H34N2O3S/c1-13(12-23-6)10-18-14(2)9-15-11-21-8-7-19(15)16(20)22-17(3,4)5/h13-15,18H,7-12H2,1-6H3/t13-,14+,15+/m1/s1. The Balaban J connectivity index is 2.49. The number of nitrogens with one attached hydrogen (secondary N) is 1. The Morgan fingerprint density at radius 1 is 1.43 bits per heavy atom. The van der Waals surface area contributed by atoms with Crippen molar-refractivity contribution in [1.29, 1.82) is 0 Å². The Kier molecular flexibility index (Phi) is 8.72. The van der Waals surface area contributed by atoms with Crippen LogP contribution in [0.25, 0.3) is 0 Å². The van der Waals surface area contributed by atoms with E-state index in [9.17, 15) is 4.79 Å². The molecule has 1 saturated heterocycles. The number of nitrogens with zero attached hydrogens (tertiary/aromatic N) is 1. The molecule has 5 nitrogen and oxygen atoms in total. The van der Waals surface area contributed by atoms with Crippen molar-refractivity contribution >= 4 is 17.9 Å². The van der Waals surface area contributed by atoms with Gasteiger partial charge >= 0.3 is 6.09 Å². The van der Waals surface area contributed by atoms with E-state index in [1.807, 2.05) is 37.4 Å². The van der Waals surface area contributed by atoms with Crippen LogP contribution in [-0.4, -0.2) is 67.0 Å². The first kappa shape index (κ1) is 20.6. The van der Waals surface area contributed by atoms with E-state index in [4.69, 9.17) is 9.47 Å². The van der Waals surface area contributed by atoms with Gasteiger partial charge in [-0.25, -0.2) is 4.79 Å². The van der Waals surface area contributed by atoms with Gasteiger partial charge in [0.25, 0.3) is 0 Å². The molecule has 1 rings (SSSR count). The number of ether oxygens (including phenoxy) is 2. The molecule has 0 spiro atoms. The summed E-state index contributed by atoms with van der Waals surface area (Å²) in [4.78, 5) is 14.2. The normalized spacial score (nSPS) is 21.8. The minimum atomic E-state index is -0.461. The van der Waals surface area contributed by atoms with Crippen LogP contribution in [0.3, 0.4) is 0 Å². The molecule has 1 amide bonds. The minimum Gasteiger partial charge on any atom is -0.444 e. The molecule has 0 radical (unpaired) electrons. The van der Waals surface area contributed by atoms with Gasteiger partial charge in [-0.2, -0.15) is 11.8 Å². The first-order valence-corrected chi connectivity index (χ1v) is 9.92. The summed E-state index contributed by atoms with van der Waals surface area (Å²) in [6.07, 6.45) is 2.79. The van der Waals surface area contributed by atoms with E-state index in [1.54, 1.807) is 0 Å². The maximum Gasteiger partial charge on any atom is 0.410 e. The lowest BCUT2D eigenvalue weighted by molar-refractivity contribution is -0.0356. The Hall–Kier alpha value is -0.460. The molecule has 0 unspecified atom stereocenters. The molecule has 1 heterocycles. The molecule has 3 atom stereocenters. The van der Waals surface area contributed by atoms with Gasteiger partial charge in [-0.3, -0.25) is 0 Å². The molecule has 0 aromatic rings. The molecule has 6 heteroatoms. The van der Waals surface area contributed by atoms with E-state index in [-0.39, 0.29) is 12.1 Å². The van der Waals surface area contributed by atoms with E-state index >= 15 is 0 Å². The van der Waals surface area contributed by atoms with Gasteiger partial charge in [-0.1, -0.05) is 6.92 Å². The average molecular weight is 347 g/mol. The van der Waals surface area contributed by atoms with Gasteiger partial charge in [0, 0.05) is 12.6 Å². The third-order valence-corrected chi connectivity index (χ3v) is 4.65. The summed E-state index contributed by atoms with van der Waals surface area (Å²) in [7, 11) is 0. The number of thioether (sulfide) groups is 1. The Labute approximate surface area is 145 Å². The van der Waals surface area contributed by atoms with E-state index < -0.39 is 5.60 Å². The van der Waals surface area contributed by atoms with Crippen LogP contribution in [0.15, 0.2) is 0 Å². The number of hydrogen-bond donors (Lipinski definition) is 1. The molecule has 23 heavy (non-hydrogen) atoms. The summed E-state index contributed by atoms with van der Waals surface area (Å²) in [6.45, 7) is 12.9. The Morgan fingerprint density at radius 3 is 2.74 bits per heavy atom. The monoisotopic (exact) mass is 346 g/mol. The SMILES string of the molecule is CSC[C@H](C)CN[C@@H](C)C[C@H]1COCCN1C(=O)OC(C)(C)C. The fourth-order valence-corrected chi connectivity index (χ4v) is 3.34. The highest BCUT2D eigenvalue weighted by molar-refractivity contribution is 7.98. The summed E-state index contributed by atoms with van der Waals surface area (Å²) in [5, 5.41) is 3.57. The summed E-state index contributed by atoms with van der Waals surface area (Å²) in [5.74, 6) is 1.81. The average Bonchev–Trinajstić information content (AvgIpc) is 2.44. The molecule has 1 aliphatic heterocycles. The number of morpholine rings is 1. The second kappa shape index (κ2) is 9.74. The zero-order valence-electron chi connectivity index (χ0n) is 15.6. The molecule has 0 aromatic carbocycles. The minimum absolute atomic E-state index is 0.0805. The van der Waals surface area contributed by atoms with E-state index in [1.165, 1.54) is 0 Å². The van der Waals surface area contributed by atoms with Gasteiger partial charge in [0.2, 0.25) is 0 Å². The third kappa shape index (κ3) is 8.27. The van der Waals surface area contributed by atoms with Crippen molar-refractivity contribution in [3.8, 4) is 0 Å². The van der Waals surface area contributed by atoms with Gasteiger partial charge in [-0.05, 0) is 58.6 Å². The van der Waals surface area contributed by atoms with Crippen LogP contribution < -0.4 is 5.32 Å². The highest BCUT2D eigenvalue weighted by atomic mass is 32.2. The van der Waals surface area contributed by atoms with Gasteiger partial charge in [-0.15, -0.1) is 0 Å². The number of carbonyl (C=O) groups is 1. The summed E-state index contributed by atoms with van der Waals surface area (Å²) < 4.78 is 11.1. The van der Waals surface area contributed by atoms with Crippen molar-refractivity contribution < 1.29 is 14.3 Å². The van der Waals surface area contributed by atoms with Crippen molar-refractivity contribution in [3.63, 3.8) is 0 Å². The predicted molar refractivity (Wildman–Crippen MR) is 97.2 cm³/mol. The first-order chi connectivity index (χ1) is 10.7. The first-order valence-electron chi connectivity index (χ1n) is 8.52. The van der Waals surface area contributed by atoms with Crippen LogP contribution in [-0.2, 0) is 9.47 Å². The van der Waals surface area contributed by atoms with Crippen LogP contribution in [0.2, 0.25) is 0 Å². The fraction of sp³-hybridized carbons (Fsp3) is 0.941. The number of amides is 1. The lowest BCUT2D eigenvalue weighted by atomic mass is 10.1. The highest BCUT2D eigenvalue weighted by Crippen LogP contribution is 2.17. The molecule has 0 saturated carbocycles. The maximum absolute atomic E-state index is 12.4. The van der Waals surface area contributed by atoms with Crippen molar-refractivity contribution in [3.05, 3.63) is 0 Å². The molecule has 1 N–H and O–H groups in total. The predicted octanol–water partition coefficient (Wildman–Crippen LogP) is 2.99. The van der Waals surface area contributed by atoms with E-state index in [0.29, 0.717) is 31.7 Å². The largest absolute Gasteiger partial charge is 0.444 e. The maximum atomic E-state index is 12.4. The van der Waals surface area contributed by atoms with Gasteiger partial charge in [0.15, 0.2) is 0 Å². The zero-order chi connectivity index (χ0) is 17.5. The smallest absolute Gasteiger partial charge is 0.410 e. The van der Waals surface area contributed by atoms with Gasteiger partial charge in [0.1, 0.15) is 5.60 Å². The van der Waals surface area contributed by atoms with Gasteiger partial charge < -0.3 is 19.7 Å². The summed E-state index contributed by atoms with van der Waals surface area (Å²) in [6, 6.07) is 0.424. The molecular formula is C17H34N2O3S. The van der Waals surface area contributed by atoms with Crippen molar-refractivity contribution in [2.45, 2.75) is 58.7 Å². The molecular weight excluding hydrogens is 312 g/mol. The van der Waals surface area contributed by atoms with Crippen molar-refractivity contribution in [2.24, 2.45) is 5.92 Å². The van der Waals surface area contributed by atoms with Crippen LogP contribution in [0.1, 0.15) is 41.0 Å². The lowest BCUT2D eigenvalue weighted by Crippen LogP contribution is -2.52. The molecule has 136 valence electrons. The van der Waals surface area contributed by atoms with Crippen molar-refractivity contribution in [2.75, 3.05) is 38.3 Å². The fourth-order valence-electron chi connectivity index (χ4n) is 2.65. The number of carbonyl (C=O) groups excluding carboxylic acids is 1. The summed E-state index contributed by atoms with van der Waals surface area (Å²) >= 11 is 1.88. The second-order valence-corrected chi connectivity index (χ2v) is 8.42. The Morgan fingerprint density at radius 2 is 2.13 bits per heavy atom. The van der Waals surface area contributed by atoms with Crippen molar-refractivity contribution in [1.82, 2.24) is 10.2 Å². The molecule has 1 fully saturated rings. The quantitative estimate of drug-likeness (QED) is 0.768. The molecule has 0 aliphatic carbocycles. The lowest BCUT2D eigenvalue weighted by Gasteiger charge is -2.37. The summed E-state index contributed by atoms with van der Waals surface area (Å²) in [5.41, 5.74) is -0.461. The number of hydrogen-bond acceptors (Lipinski definition) is 5. The van der Waals surface area contributed by atoms with E-state index in [0.717, 1.165) is 18.7 Å². The topological polar surface area (TPSA) is 50.8 Å². The molecule has 1 aliphatic rings. The van der Waals surface area contributed by atoms with Gasteiger partial charge in [0.05, 0.1) is 19.3 Å². The molecule has 0 aromatic heterocycles. The number of rotatable bonds is 7. The second-order valence-electron chi connectivity index (χ2n) is 7.51.